The van der Waals surface area contributed by atoms with Crippen molar-refractivity contribution in [3.63, 3.8) is 0 Å². The number of esters is 1. The van der Waals surface area contributed by atoms with Crippen LogP contribution in [0.2, 0.25) is 0 Å². The molecule has 17 heavy (non-hydrogen) atoms. The summed E-state index contributed by atoms with van der Waals surface area (Å²) < 4.78 is 25.5. The van der Waals surface area contributed by atoms with Gasteiger partial charge in [0.15, 0.2) is 0 Å². The summed E-state index contributed by atoms with van der Waals surface area (Å²) in [6.07, 6.45) is 0. The Kier molecular flexibility index (Phi) is 4.36. The maximum atomic E-state index is 11.3. The Balaban J connectivity index is 3.23. The molecule has 0 saturated carbocycles. The van der Waals surface area contributed by atoms with Gasteiger partial charge in [0.25, 0.3) is 0 Å². The lowest BCUT2D eigenvalue weighted by atomic mass is 10.1. The van der Waals surface area contributed by atoms with Crippen molar-refractivity contribution in [1.29, 1.82) is 0 Å². The van der Waals surface area contributed by atoms with Crippen LogP contribution in [-0.4, -0.2) is 32.9 Å². The quantitative estimate of drug-likeness (QED) is 0.624. The molecule has 0 bridgehead atoms. The summed E-state index contributed by atoms with van der Waals surface area (Å²) in [6.45, 7) is 0. The Hall–Kier alpha value is -1.73. The first-order chi connectivity index (χ1) is 7.93. The number of rotatable bonds is 4. The minimum absolute atomic E-state index is 0.00727. The Labute approximate surface area is 99.5 Å². The summed E-state index contributed by atoms with van der Waals surface area (Å²) in [5, 5.41) is 8.82. The fraction of sp³-hybridized carbons (Fsp3) is 0.200. The van der Waals surface area contributed by atoms with Gasteiger partial charge in [-0.3, -0.25) is 4.21 Å². The molecule has 0 radical (unpaired) electrons. The van der Waals surface area contributed by atoms with E-state index < -0.39 is 23.0 Å². The largest absolute Gasteiger partial charge is 0.772 e. The number of benzene rings is 1. The molecule has 0 saturated heterocycles. The van der Waals surface area contributed by atoms with Crippen molar-refractivity contribution in [2.45, 2.75) is 5.75 Å². The summed E-state index contributed by atoms with van der Waals surface area (Å²) in [5.41, 5.74) is 0.0693. The first kappa shape index (κ1) is 13.3. The van der Waals surface area contributed by atoms with Gasteiger partial charge in [-0.15, -0.1) is 0 Å². The van der Waals surface area contributed by atoms with E-state index in [2.05, 4.69) is 4.74 Å². The Bertz CT molecular complexity index is 482. The van der Waals surface area contributed by atoms with Crippen molar-refractivity contribution in [2.24, 2.45) is 0 Å². The Morgan fingerprint density at radius 2 is 1.94 bits per heavy atom. The van der Waals surface area contributed by atoms with Gasteiger partial charge in [0, 0.05) is 5.75 Å². The highest BCUT2D eigenvalue weighted by molar-refractivity contribution is 7.78. The topological polar surface area (TPSA) is 104 Å². The molecule has 1 unspecified atom stereocenters. The molecule has 0 heterocycles. The normalized spacial score (nSPS) is 11.9. The van der Waals surface area contributed by atoms with Crippen LogP contribution < -0.4 is 0 Å². The highest BCUT2D eigenvalue weighted by Gasteiger charge is 2.12. The van der Waals surface area contributed by atoms with Crippen LogP contribution in [0, 0.1) is 0 Å². The minimum atomic E-state index is -2.36. The molecule has 0 aliphatic rings. The third kappa shape index (κ3) is 3.65. The molecule has 0 aromatic heterocycles. The van der Waals surface area contributed by atoms with Crippen LogP contribution in [0.1, 0.15) is 26.3 Å². The monoisotopic (exact) mass is 257 g/mol. The van der Waals surface area contributed by atoms with E-state index in [1.807, 2.05) is 0 Å². The number of carboxylic acid groups (broad SMARTS) is 1. The molecule has 0 fully saturated rings. The van der Waals surface area contributed by atoms with Crippen LogP contribution in [0.25, 0.3) is 0 Å². The van der Waals surface area contributed by atoms with E-state index in [-0.39, 0.29) is 22.4 Å². The van der Waals surface area contributed by atoms with Crippen molar-refractivity contribution in [3.8, 4) is 0 Å². The molecular formula is C10H9O6S-. The number of methoxy groups -OCH3 is 1. The van der Waals surface area contributed by atoms with Crippen LogP contribution in [0.5, 0.6) is 0 Å². The van der Waals surface area contributed by atoms with Gasteiger partial charge in [0.2, 0.25) is 0 Å². The van der Waals surface area contributed by atoms with E-state index in [1.165, 1.54) is 12.1 Å². The third-order valence-corrected chi connectivity index (χ3v) is 2.51. The zero-order valence-corrected chi connectivity index (χ0v) is 9.65. The Morgan fingerprint density at radius 1 is 1.35 bits per heavy atom. The molecule has 1 atom stereocenters. The molecule has 1 aromatic rings. The van der Waals surface area contributed by atoms with Crippen LogP contribution in [0.15, 0.2) is 18.2 Å². The maximum Gasteiger partial charge on any atom is 0.337 e. The predicted octanol–water partition coefficient (Wildman–Crippen LogP) is 0.550. The molecule has 92 valence electrons. The zero-order valence-electron chi connectivity index (χ0n) is 8.84. The van der Waals surface area contributed by atoms with Crippen LogP contribution in [0.4, 0.5) is 0 Å². The van der Waals surface area contributed by atoms with Gasteiger partial charge in [-0.2, -0.15) is 0 Å². The van der Waals surface area contributed by atoms with Crippen molar-refractivity contribution in [1.82, 2.24) is 0 Å². The predicted molar refractivity (Wildman–Crippen MR) is 57.4 cm³/mol. The highest BCUT2D eigenvalue weighted by Crippen LogP contribution is 2.13. The average Bonchev–Trinajstić information content (AvgIpc) is 2.26. The smallest absolute Gasteiger partial charge is 0.337 e. The molecule has 7 heteroatoms. The van der Waals surface area contributed by atoms with Gasteiger partial charge in [-0.25, -0.2) is 9.59 Å². The van der Waals surface area contributed by atoms with E-state index in [9.17, 15) is 18.4 Å². The van der Waals surface area contributed by atoms with Crippen molar-refractivity contribution < 1.29 is 28.2 Å². The van der Waals surface area contributed by atoms with Crippen molar-refractivity contribution >= 4 is 23.0 Å². The average molecular weight is 257 g/mol. The van der Waals surface area contributed by atoms with Crippen molar-refractivity contribution in [3.05, 3.63) is 34.9 Å². The fourth-order valence-corrected chi connectivity index (χ4v) is 1.71. The van der Waals surface area contributed by atoms with Gasteiger partial charge in [0.05, 0.1) is 18.2 Å². The van der Waals surface area contributed by atoms with Crippen molar-refractivity contribution in [2.75, 3.05) is 7.11 Å². The number of carbonyl (C=O) groups is 2. The minimum Gasteiger partial charge on any atom is -0.772 e. The molecular weight excluding hydrogens is 248 g/mol. The standard InChI is InChI=1S/C10H10O6S/c1-16-10(13)8-3-6(5-17(14)15)2-7(4-8)9(11)12/h2-4H,5H2,1H3,(H,11,12)(H,14,15)/p-1. The van der Waals surface area contributed by atoms with Gasteiger partial charge < -0.3 is 14.4 Å². The number of ether oxygens (including phenoxy) is 1. The van der Waals surface area contributed by atoms with E-state index in [0.29, 0.717) is 0 Å². The third-order valence-electron chi connectivity index (χ3n) is 1.95. The van der Waals surface area contributed by atoms with E-state index in [4.69, 9.17) is 5.11 Å². The van der Waals surface area contributed by atoms with E-state index in [0.717, 1.165) is 13.2 Å². The Morgan fingerprint density at radius 3 is 2.41 bits per heavy atom. The van der Waals surface area contributed by atoms with Gasteiger partial charge in [-0.1, -0.05) is 11.1 Å². The van der Waals surface area contributed by atoms with Crippen LogP contribution in [-0.2, 0) is 21.6 Å². The first-order valence-corrected chi connectivity index (χ1v) is 5.70. The second kappa shape index (κ2) is 5.55. The van der Waals surface area contributed by atoms with E-state index >= 15 is 0 Å². The summed E-state index contributed by atoms with van der Waals surface area (Å²) in [7, 11) is 1.15. The number of aromatic carboxylic acids is 1. The molecule has 1 N–H and O–H groups in total. The lowest BCUT2D eigenvalue weighted by Crippen LogP contribution is -2.07. The summed E-state index contributed by atoms with van der Waals surface area (Å²) in [6, 6.07) is 3.62. The van der Waals surface area contributed by atoms with Gasteiger partial charge in [0.1, 0.15) is 0 Å². The summed E-state index contributed by atoms with van der Waals surface area (Å²) in [4.78, 5) is 22.1. The number of hydrogen-bond acceptors (Lipinski definition) is 5. The maximum absolute atomic E-state index is 11.3. The second-order valence-corrected chi connectivity index (χ2v) is 4.06. The second-order valence-electron chi connectivity index (χ2n) is 3.16. The first-order valence-electron chi connectivity index (χ1n) is 4.45. The van der Waals surface area contributed by atoms with E-state index in [1.54, 1.807) is 0 Å². The number of hydrogen-bond donors (Lipinski definition) is 1. The van der Waals surface area contributed by atoms with Gasteiger partial charge in [-0.05, 0) is 23.8 Å². The van der Waals surface area contributed by atoms with Crippen LogP contribution >= 0.6 is 0 Å². The zero-order chi connectivity index (χ0) is 13.0. The highest BCUT2D eigenvalue weighted by atomic mass is 32.2. The van der Waals surface area contributed by atoms with Crippen LogP contribution in [0.3, 0.4) is 0 Å². The van der Waals surface area contributed by atoms with Gasteiger partial charge >= 0.3 is 11.9 Å². The lowest BCUT2D eigenvalue weighted by Gasteiger charge is -2.08. The molecule has 6 nitrogen and oxygen atoms in total. The lowest BCUT2D eigenvalue weighted by molar-refractivity contribution is 0.0600. The fourth-order valence-electron chi connectivity index (χ4n) is 1.27. The number of carbonyl (C=O) groups excluding carboxylic acids is 1. The molecule has 0 spiro atoms. The molecule has 1 aromatic carbocycles. The summed E-state index contributed by atoms with van der Waals surface area (Å²) >= 11 is -2.36. The molecule has 1 rings (SSSR count). The SMILES string of the molecule is COC(=O)c1cc(CS(=O)[O-])cc(C(=O)O)c1. The number of carboxylic acids is 1. The summed E-state index contributed by atoms with van der Waals surface area (Å²) in [5.74, 6) is -2.31. The molecule has 0 aliphatic carbocycles. The molecule has 0 amide bonds. The molecule has 0 aliphatic heterocycles.